The predicted octanol–water partition coefficient (Wildman–Crippen LogP) is -9.61. The van der Waals surface area contributed by atoms with Crippen LogP contribution in [0.3, 0.4) is 0 Å². The average molecular weight is 1870 g/mol. The molecular weight excluding hydrogens is 1750 g/mol. The van der Waals surface area contributed by atoms with Gasteiger partial charge in [-0.3, -0.25) is 91.7 Å². The number of hydrogen-bond donors (Lipinski definition) is 31. The van der Waals surface area contributed by atoms with Crippen LogP contribution in [0.5, 0.6) is 0 Å². The zero-order valence-electron chi connectivity index (χ0n) is 70.1. The maximum atomic E-state index is 14.6. The molecule has 16 atom stereocenters. The summed E-state index contributed by atoms with van der Waals surface area (Å²) in [5.41, 5.74) is 12.6. The van der Waals surface area contributed by atoms with Crippen molar-refractivity contribution in [1.29, 1.82) is 5.41 Å². The number of imidazole rings is 1. The van der Waals surface area contributed by atoms with Gasteiger partial charge in [0.2, 0.25) is 94.5 Å². The van der Waals surface area contributed by atoms with Crippen LogP contribution in [0.4, 0.5) is 0 Å². The minimum absolute atomic E-state index is 0.0794. The molecular formula is C75H115N23O25S4. The molecule has 0 aliphatic carbocycles. The third kappa shape index (κ3) is 36.4. The van der Waals surface area contributed by atoms with Gasteiger partial charge in [0.25, 0.3) is 0 Å². The number of aromatic amines is 2. The van der Waals surface area contributed by atoms with Gasteiger partial charge in [0.05, 0.1) is 45.2 Å². The molecule has 1 aliphatic heterocycles. The third-order valence-electron chi connectivity index (χ3n) is 19.3. The molecule has 29 N–H and O–H groups in total. The van der Waals surface area contributed by atoms with Gasteiger partial charge in [0.15, 0.2) is 5.96 Å². The molecule has 0 saturated carbocycles. The van der Waals surface area contributed by atoms with Crippen molar-refractivity contribution in [3.8, 4) is 0 Å². The van der Waals surface area contributed by atoms with Crippen molar-refractivity contribution in [2.75, 3.05) is 62.4 Å². The maximum absolute atomic E-state index is 14.6. The molecule has 4 rings (SSSR count). The van der Waals surface area contributed by atoms with Gasteiger partial charge < -0.3 is 142 Å². The van der Waals surface area contributed by atoms with E-state index in [0.29, 0.717) is 16.5 Å². The third-order valence-corrected chi connectivity index (χ3v) is 20.8. The maximum Gasteiger partial charge on any atom is 0.327 e. The molecule has 1 saturated heterocycles. The molecule has 48 nitrogen and oxygen atoms in total. The van der Waals surface area contributed by atoms with E-state index in [1.807, 2.05) is 0 Å². The van der Waals surface area contributed by atoms with Crippen LogP contribution in [0.2, 0.25) is 0 Å². The van der Waals surface area contributed by atoms with Crippen LogP contribution in [0, 0.1) is 17.2 Å². The molecule has 2 aromatic heterocycles. The van der Waals surface area contributed by atoms with Crippen molar-refractivity contribution in [3.63, 3.8) is 0 Å². The van der Waals surface area contributed by atoms with Crippen LogP contribution >= 0.6 is 50.5 Å². The van der Waals surface area contributed by atoms with Crippen molar-refractivity contribution in [2.45, 2.75) is 202 Å². The largest absolute Gasteiger partial charge is 0.481 e. The molecule has 0 spiro atoms. The lowest BCUT2D eigenvalue weighted by Gasteiger charge is -2.30. The number of H-pyrrole nitrogens is 2. The second-order valence-electron chi connectivity index (χ2n) is 30.4. The van der Waals surface area contributed by atoms with Crippen molar-refractivity contribution in [1.82, 2.24) is 105 Å². The Hall–Kier alpha value is -11.6. The highest BCUT2D eigenvalue weighted by molar-refractivity contribution is 7.80. The molecule has 704 valence electrons. The fraction of sp³-hybridized carbons (Fsp3) is 0.587. The topological polar surface area (TPSA) is 762 Å². The number of nitrogens with one attached hydrogen (secondary N) is 19. The van der Waals surface area contributed by atoms with E-state index in [1.54, 1.807) is 58.2 Å². The van der Waals surface area contributed by atoms with Crippen molar-refractivity contribution >= 4 is 180 Å². The number of para-hydroxylation sites is 1. The zero-order chi connectivity index (χ0) is 95.1. The predicted molar refractivity (Wildman–Crippen MR) is 464 cm³/mol. The monoisotopic (exact) mass is 1870 g/mol. The smallest absolute Gasteiger partial charge is 0.327 e. The van der Waals surface area contributed by atoms with Gasteiger partial charge in [-0.15, -0.1) is 0 Å². The lowest BCUT2D eigenvalue weighted by atomic mass is 10.0. The number of benzene rings is 1. The number of thiol groups is 4. The summed E-state index contributed by atoms with van der Waals surface area (Å²) in [7, 11) is 0. The number of hydrogen-bond acceptors (Lipinski definition) is 29. The first-order chi connectivity index (χ1) is 60.0. The molecule has 1 aromatic carbocycles. The molecule has 1 fully saturated rings. The fourth-order valence-electron chi connectivity index (χ4n) is 12.6. The molecule has 127 heavy (non-hydrogen) atoms. The number of carbonyl (C=O) groups excluding carboxylic acids is 16. The first kappa shape index (κ1) is 108. The van der Waals surface area contributed by atoms with E-state index in [2.05, 4.69) is 151 Å². The number of likely N-dealkylation sites (tertiary alicyclic amines) is 1. The molecule has 0 unspecified atom stereocenters. The van der Waals surface area contributed by atoms with E-state index in [9.17, 15) is 122 Å². The molecule has 3 heterocycles. The van der Waals surface area contributed by atoms with Gasteiger partial charge in [-0.1, -0.05) is 45.9 Å². The van der Waals surface area contributed by atoms with E-state index in [0.717, 1.165) is 4.90 Å². The summed E-state index contributed by atoms with van der Waals surface area (Å²) in [6.07, 6.45) is -0.670. The highest BCUT2D eigenvalue weighted by Gasteiger charge is 2.43. The molecule has 0 radical (unpaired) electrons. The van der Waals surface area contributed by atoms with Gasteiger partial charge in [-0.05, 0) is 75.3 Å². The van der Waals surface area contributed by atoms with Gasteiger partial charge in [-0.2, -0.15) is 50.5 Å². The molecule has 3 aromatic rings. The standard InChI is InChI=1S/C75H115N23O25S4/c1-34(2)18-43(89-70(118)52(31-126)95-64(112)44(19-35(3)4)90-63(111)42(14-15-57(104)105)88-69(117)51(30-125)96-68(116)49(28-100)93-72(120)59(76)36(5)101)60(108)82-26-56(103)86-48(27-99)67(115)87-41(12-8-16-80-75(77)78)62(110)92-47(22-58(106)107)73(121)98-17-9-13-54(98)71(119)91-46(21-38-24-79-33-84-38)66(114)94-50(29-124)61(109)83-25-55(102)85-45(65(113)97-53(32-127)74(122)123)20-37-23-81-40-11-7-6-10-39(37)40/h6-7,10-11,23-24,33-36,41-54,59,81,99-101,124-127H,8-9,12-22,25-32,76H2,1-5H3,(H,79,84)(H,82,108)(H,83,109)(H,85,102)(H,86,103)(H,87,115)(H,88,117)(H,89,118)(H,90,111)(H,91,119)(H,92,110)(H,93,120)(H,94,114)(H,95,112)(H,96,116)(H,97,113)(H,104,105)(H,106,107)(H,122,123)(H4,77,78,80)/t36-,41+,42+,43+,44+,45+,46+,47+,48+,49+,50+,51+,52+,53+,54+,59+/m1/s1. The van der Waals surface area contributed by atoms with Gasteiger partial charge in [0, 0.05) is 84.4 Å². The number of aromatic nitrogens is 3. The number of carboxylic acids is 3. The quantitative estimate of drug-likeness (QED) is 0.0108. The molecule has 0 bridgehead atoms. The van der Waals surface area contributed by atoms with E-state index in [-0.39, 0.29) is 87.7 Å². The van der Waals surface area contributed by atoms with E-state index in [1.165, 1.54) is 19.4 Å². The first-order valence-corrected chi connectivity index (χ1v) is 42.7. The number of carboxylic acid groups (broad SMARTS) is 3. The van der Waals surface area contributed by atoms with Crippen molar-refractivity contribution < 1.29 is 122 Å². The van der Waals surface area contributed by atoms with Crippen LogP contribution in [0.1, 0.15) is 104 Å². The minimum atomic E-state index is -1.99. The Morgan fingerprint density at radius 1 is 0.512 bits per heavy atom. The Bertz CT molecular complexity index is 4340. The highest BCUT2D eigenvalue weighted by Crippen LogP contribution is 2.23. The fourth-order valence-corrected chi connectivity index (χ4v) is 13.6. The summed E-state index contributed by atoms with van der Waals surface area (Å²) in [6.45, 7) is 3.66. The van der Waals surface area contributed by atoms with E-state index < -0.39 is 278 Å². The van der Waals surface area contributed by atoms with Crippen LogP contribution in [-0.2, 0) is 104 Å². The van der Waals surface area contributed by atoms with E-state index >= 15 is 0 Å². The van der Waals surface area contributed by atoms with Crippen LogP contribution in [-0.4, -0.2) is 328 Å². The van der Waals surface area contributed by atoms with Crippen molar-refractivity contribution in [2.24, 2.45) is 23.3 Å². The SMILES string of the molecule is CC(C)C[C@H](NC(=O)[C@H](CS)NC(=O)[C@H](CC(C)C)NC(=O)[C@H](CCC(=O)O)NC(=O)[C@H](CS)NC(=O)[C@H](CO)NC(=O)[C@@H](N)[C@@H](C)O)C(=O)NCC(=O)N[C@@H](CO)C(=O)N[C@@H](CCCNC(=N)N)C(=O)N[C@@H](CC(=O)O)C(=O)N1CCC[C@H]1C(=O)N[C@@H](Cc1cnc[nH]1)C(=O)N[C@@H](CS)C(=O)NCC(=O)N[C@@H](Cc1c[nH]c2ccccc12)C(=O)N[C@@H](CS)C(=O)O. The second kappa shape index (κ2) is 54.4. The summed E-state index contributed by atoms with van der Waals surface area (Å²) in [5, 5.41) is 106. The average Bonchev–Trinajstić information content (AvgIpc) is 1.68. The molecule has 52 heteroatoms. The Labute approximate surface area is 750 Å². The van der Waals surface area contributed by atoms with Gasteiger partial charge in [-0.25, -0.2) is 9.78 Å². The number of aliphatic hydroxyl groups excluding tert-OH is 3. The number of amides is 16. The number of rotatable bonds is 56. The number of aliphatic carboxylic acids is 3. The lowest BCUT2D eigenvalue weighted by Crippen LogP contribution is -2.61. The van der Waals surface area contributed by atoms with Gasteiger partial charge >= 0.3 is 17.9 Å². The summed E-state index contributed by atoms with van der Waals surface area (Å²) in [5.74, 6) is -24.0. The molecule has 16 amide bonds. The highest BCUT2D eigenvalue weighted by atomic mass is 32.1. The number of nitrogens with two attached hydrogens (primary N) is 2. The van der Waals surface area contributed by atoms with E-state index in [4.69, 9.17) is 16.9 Å². The van der Waals surface area contributed by atoms with Gasteiger partial charge in [0.1, 0.15) is 90.6 Å². The molecule has 1 aliphatic rings. The summed E-state index contributed by atoms with van der Waals surface area (Å²) < 4.78 is 0. The normalized spacial score (nSPS) is 15.9. The first-order valence-electron chi connectivity index (χ1n) is 40.1. The Morgan fingerprint density at radius 3 is 1.43 bits per heavy atom. The Balaban J connectivity index is 1.45. The summed E-state index contributed by atoms with van der Waals surface area (Å²) in [6, 6.07) is -17.0. The number of guanidine groups is 1. The lowest BCUT2D eigenvalue weighted by molar-refractivity contribution is -0.146. The number of carbonyl (C=O) groups is 19. The number of fused-ring (bicyclic) bond motifs is 1. The van der Waals surface area contributed by atoms with Crippen LogP contribution in [0.25, 0.3) is 10.9 Å². The van der Waals surface area contributed by atoms with Crippen LogP contribution in [0.15, 0.2) is 43.0 Å². The van der Waals surface area contributed by atoms with Crippen LogP contribution < -0.4 is 96.5 Å². The zero-order valence-corrected chi connectivity index (χ0v) is 73.6. The summed E-state index contributed by atoms with van der Waals surface area (Å²) >= 11 is 16.5. The number of nitrogens with zero attached hydrogens (tertiary/aromatic N) is 2. The van der Waals surface area contributed by atoms with Crippen molar-refractivity contribution in [3.05, 3.63) is 54.2 Å². The Morgan fingerprint density at radius 2 is 0.945 bits per heavy atom. The summed E-state index contributed by atoms with van der Waals surface area (Å²) in [4.78, 5) is 268. The second-order valence-corrected chi connectivity index (χ2v) is 31.8. The number of aliphatic hydroxyl groups is 3. The Kier molecular flexibility index (Phi) is 46.2. The minimum Gasteiger partial charge on any atom is -0.481 e.